The Morgan fingerprint density at radius 2 is 2.00 bits per heavy atom. The SMILES string of the molecule is Cc1c(-c2ccc(F)c(F)c2)nc(C2CC2)[nH]c1=O. The molecule has 3 nitrogen and oxygen atoms in total. The van der Waals surface area contributed by atoms with Gasteiger partial charge in [-0.2, -0.15) is 0 Å². The number of nitrogens with zero attached hydrogens (tertiary/aromatic N) is 1. The molecule has 1 aromatic heterocycles. The van der Waals surface area contributed by atoms with Gasteiger partial charge in [0.1, 0.15) is 5.82 Å². The van der Waals surface area contributed by atoms with Crippen molar-refractivity contribution in [2.24, 2.45) is 0 Å². The summed E-state index contributed by atoms with van der Waals surface area (Å²) in [5, 5.41) is 0. The molecule has 1 aromatic carbocycles. The lowest BCUT2D eigenvalue weighted by atomic mass is 10.1. The quantitative estimate of drug-likeness (QED) is 0.904. The van der Waals surface area contributed by atoms with E-state index < -0.39 is 11.6 Å². The van der Waals surface area contributed by atoms with Crippen LogP contribution in [0.4, 0.5) is 8.78 Å². The summed E-state index contributed by atoms with van der Waals surface area (Å²) in [7, 11) is 0. The normalized spacial score (nSPS) is 14.7. The standard InChI is InChI=1S/C14H12F2N2O/c1-7-12(9-4-5-10(15)11(16)6-9)17-13(8-2-3-8)18-14(7)19/h4-6,8H,2-3H2,1H3,(H,17,18,19). The largest absolute Gasteiger partial charge is 0.310 e. The maximum atomic E-state index is 13.3. The van der Waals surface area contributed by atoms with Crippen LogP contribution in [0.1, 0.15) is 30.1 Å². The Hall–Kier alpha value is -2.04. The van der Waals surface area contributed by atoms with E-state index in [4.69, 9.17) is 0 Å². The van der Waals surface area contributed by atoms with E-state index in [0.29, 0.717) is 22.6 Å². The molecule has 0 unspecified atom stereocenters. The van der Waals surface area contributed by atoms with Crippen LogP contribution in [-0.2, 0) is 0 Å². The van der Waals surface area contributed by atoms with Gasteiger partial charge in [0.2, 0.25) is 0 Å². The fourth-order valence-corrected chi connectivity index (χ4v) is 2.02. The minimum Gasteiger partial charge on any atom is -0.310 e. The average Bonchev–Trinajstić information content (AvgIpc) is 3.20. The molecule has 1 aliphatic rings. The molecular weight excluding hydrogens is 250 g/mol. The van der Waals surface area contributed by atoms with Gasteiger partial charge in [-0.1, -0.05) is 0 Å². The third-order valence-electron chi connectivity index (χ3n) is 3.33. The van der Waals surface area contributed by atoms with Gasteiger partial charge >= 0.3 is 0 Å². The number of hydrogen-bond acceptors (Lipinski definition) is 2. The maximum Gasteiger partial charge on any atom is 0.254 e. The van der Waals surface area contributed by atoms with Crippen LogP contribution in [-0.4, -0.2) is 9.97 Å². The van der Waals surface area contributed by atoms with Crippen LogP contribution in [0.2, 0.25) is 0 Å². The molecule has 98 valence electrons. The summed E-state index contributed by atoms with van der Waals surface area (Å²) < 4.78 is 26.2. The lowest BCUT2D eigenvalue weighted by Gasteiger charge is -2.07. The van der Waals surface area contributed by atoms with Crippen molar-refractivity contribution < 1.29 is 8.78 Å². The molecule has 1 aliphatic carbocycles. The van der Waals surface area contributed by atoms with Crippen LogP contribution in [0, 0.1) is 18.6 Å². The summed E-state index contributed by atoms with van der Waals surface area (Å²) in [6, 6.07) is 3.55. The Bertz CT molecular complexity index is 705. The van der Waals surface area contributed by atoms with Crippen LogP contribution < -0.4 is 5.56 Å². The van der Waals surface area contributed by atoms with Crippen molar-refractivity contribution in [2.45, 2.75) is 25.7 Å². The van der Waals surface area contributed by atoms with Gasteiger partial charge in [0, 0.05) is 17.0 Å². The van der Waals surface area contributed by atoms with Gasteiger partial charge in [-0.25, -0.2) is 13.8 Å². The second-order valence-corrected chi connectivity index (χ2v) is 4.83. The predicted molar refractivity (Wildman–Crippen MR) is 66.9 cm³/mol. The molecule has 5 heteroatoms. The van der Waals surface area contributed by atoms with Crippen LogP contribution in [0.15, 0.2) is 23.0 Å². The Morgan fingerprint density at radius 3 is 2.63 bits per heavy atom. The minimum absolute atomic E-state index is 0.225. The fraction of sp³-hybridized carbons (Fsp3) is 0.286. The number of benzene rings is 1. The van der Waals surface area contributed by atoms with Crippen LogP contribution >= 0.6 is 0 Å². The third kappa shape index (κ3) is 2.16. The third-order valence-corrected chi connectivity index (χ3v) is 3.33. The molecule has 0 saturated heterocycles. The molecule has 2 aromatic rings. The summed E-state index contributed by atoms with van der Waals surface area (Å²) in [6.07, 6.45) is 2.01. The molecule has 0 spiro atoms. The molecule has 0 aliphatic heterocycles. The number of rotatable bonds is 2. The zero-order chi connectivity index (χ0) is 13.6. The number of aromatic amines is 1. The van der Waals surface area contributed by atoms with Gasteiger partial charge < -0.3 is 4.98 Å². The summed E-state index contributed by atoms with van der Waals surface area (Å²) in [5.41, 5.74) is 1.03. The molecule has 0 bridgehead atoms. The zero-order valence-corrected chi connectivity index (χ0v) is 10.3. The second kappa shape index (κ2) is 4.26. The Balaban J connectivity index is 2.17. The van der Waals surface area contributed by atoms with E-state index in [9.17, 15) is 13.6 Å². The van der Waals surface area contributed by atoms with E-state index >= 15 is 0 Å². The summed E-state index contributed by atoms with van der Waals surface area (Å²) >= 11 is 0. The fourth-order valence-electron chi connectivity index (χ4n) is 2.02. The van der Waals surface area contributed by atoms with Gasteiger partial charge in [0.05, 0.1) is 5.69 Å². The first-order chi connectivity index (χ1) is 9.06. The van der Waals surface area contributed by atoms with Gasteiger partial charge in [-0.15, -0.1) is 0 Å². The molecule has 0 radical (unpaired) electrons. The van der Waals surface area contributed by atoms with Gasteiger partial charge in [0.15, 0.2) is 11.6 Å². The van der Waals surface area contributed by atoms with Gasteiger partial charge in [-0.3, -0.25) is 4.79 Å². The van der Waals surface area contributed by atoms with Crippen LogP contribution in [0.3, 0.4) is 0 Å². The molecule has 3 rings (SSSR count). The Labute approximate surface area is 108 Å². The lowest BCUT2D eigenvalue weighted by molar-refractivity contribution is 0.509. The van der Waals surface area contributed by atoms with Crippen molar-refractivity contribution in [1.29, 1.82) is 0 Å². The van der Waals surface area contributed by atoms with Crippen LogP contribution in [0.5, 0.6) is 0 Å². The first kappa shape index (κ1) is 12.0. The highest BCUT2D eigenvalue weighted by molar-refractivity contribution is 5.62. The number of aromatic nitrogens is 2. The predicted octanol–water partition coefficient (Wildman–Crippen LogP) is 2.90. The van der Waals surface area contributed by atoms with Crippen LogP contribution in [0.25, 0.3) is 11.3 Å². The molecule has 1 fully saturated rings. The Morgan fingerprint density at radius 1 is 1.26 bits per heavy atom. The van der Waals surface area contributed by atoms with E-state index in [0.717, 1.165) is 25.0 Å². The van der Waals surface area contributed by atoms with E-state index in [2.05, 4.69) is 9.97 Å². The molecule has 19 heavy (non-hydrogen) atoms. The maximum absolute atomic E-state index is 13.3. The highest BCUT2D eigenvalue weighted by atomic mass is 19.2. The highest BCUT2D eigenvalue weighted by Crippen LogP contribution is 2.38. The minimum atomic E-state index is -0.938. The lowest BCUT2D eigenvalue weighted by Crippen LogP contribution is -2.15. The van der Waals surface area contributed by atoms with Gasteiger partial charge in [-0.05, 0) is 38.0 Å². The van der Waals surface area contributed by atoms with Crippen molar-refractivity contribution in [1.82, 2.24) is 9.97 Å². The van der Waals surface area contributed by atoms with E-state index in [-0.39, 0.29) is 11.5 Å². The molecule has 0 atom stereocenters. The van der Waals surface area contributed by atoms with Crippen molar-refractivity contribution in [3.05, 3.63) is 51.6 Å². The van der Waals surface area contributed by atoms with Crippen molar-refractivity contribution in [3.8, 4) is 11.3 Å². The average molecular weight is 262 g/mol. The molecule has 1 saturated carbocycles. The summed E-state index contributed by atoms with van der Waals surface area (Å²) in [5.74, 6) is -0.923. The Kier molecular flexibility index (Phi) is 2.69. The first-order valence-electron chi connectivity index (χ1n) is 6.12. The second-order valence-electron chi connectivity index (χ2n) is 4.83. The van der Waals surface area contributed by atoms with E-state index in [1.165, 1.54) is 6.07 Å². The highest BCUT2D eigenvalue weighted by Gasteiger charge is 2.27. The smallest absolute Gasteiger partial charge is 0.254 e. The van der Waals surface area contributed by atoms with E-state index in [1.54, 1.807) is 6.92 Å². The zero-order valence-electron chi connectivity index (χ0n) is 10.3. The van der Waals surface area contributed by atoms with Crippen molar-refractivity contribution in [2.75, 3.05) is 0 Å². The number of nitrogens with one attached hydrogen (secondary N) is 1. The summed E-state index contributed by atoms with van der Waals surface area (Å²) in [4.78, 5) is 19.0. The molecule has 1 heterocycles. The topological polar surface area (TPSA) is 45.8 Å². The molecular formula is C14H12F2N2O. The monoisotopic (exact) mass is 262 g/mol. The van der Waals surface area contributed by atoms with Crippen molar-refractivity contribution >= 4 is 0 Å². The number of hydrogen-bond donors (Lipinski definition) is 1. The number of H-pyrrole nitrogens is 1. The number of halogens is 2. The molecule has 1 N–H and O–H groups in total. The van der Waals surface area contributed by atoms with E-state index in [1.807, 2.05) is 0 Å². The van der Waals surface area contributed by atoms with Gasteiger partial charge in [0.25, 0.3) is 5.56 Å². The first-order valence-corrected chi connectivity index (χ1v) is 6.12. The summed E-state index contributed by atoms with van der Waals surface area (Å²) in [6.45, 7) is 1.62. The van der Waals surface area contributed by atoms with Crippen molar-refractivity contribution in [3.63, 3.8) is 0 Å². The molecule has 0 amide bonds.